The minimum atomic E-state index is -0.507. The van der Waals surface area contributed by atoms with E-state index in [1.807, 2.05) is 30.3 Å². The molecule has 0 bridgehead atoms. The second kappa shape index (κ2) is 5.58. The standard InChI is InChI=1S/C16H14BrNO3/c17-15-11(5-3-7-14(15)18(20)21)9-12-8-10-4-1-2-6-13(10)16(12)19/h1-7,12,16,19H,8-9H2. The van der Waals surface area contributed by atoms with Gasteiger partial charge in [0.1, 0.15) is 0 Å². The Hall–Kier alpha value is -1.72. The lowest BCUT2D eigenvalue weighted by molar-refractivity contribution is -0.385. The number of aliphatic hydroxyl groups excluding tert-OH is 1. The third-order valence-electron chi connectivity index (χ3n) is 4.04. The van der Waals surface area contributed by atoms with Gasteiger partial charge < -0.3 is 5.11 Å². The zero-order valence-electron chi connectivity index (χ0n) is 11.2. The fourth-order valence-corrected chi connectivity index (χ4v) is 3.56. The molecule has 0 spiro atoms. The summed E-state index contributed by atoms with van der Waals surface area (Å²) in [5.74, 6) is 0.0562. The highest BCUT2D eigenvalue weighted by Gasteiger charge is 2.31. The van der Waals surface area contributed by atoms with E-state index in [9.17, 15) is 15.2 Å². The van der Waals surface area contributed by atoms with Gasteiger partial charge in [0.2, 0.25) is 0 Å². The molecule has 0 saturated heterocycles. The largest absolute Gasteiger partial charge is 0.388 e. The SMILES string of the molecule is O=[N+]([O-])c1cccc(CC2Cc3ccccc3C2O)c1Br. The van der Waals surface area contributed by atoms with Gasteiger partial charge in [0, 0.05) is 6.07 Å². The summed E-state index contributed by atoms with van der Waals surface area (Å²) < 4.78 is 0.512. The molecular formula is C16H14BrNO3. The van der Waals surface area contributed by atoms with Crippen molar-refractivity contribution in [2.45, 2.75) is 18.9 Å². The summed E-state index contributed by atoms with van der Waals surface area (Å²) >= 11 is 3.32. The molecule has 0 fully saturated rings. The van der Waals surface area contributed by atoms with Crippen molar-refractivity contribution in [2.24, 2.45) is 5.92 Å². The molecule has 108 valence electrons. The molecule has 0 amide bonds. The van der Waals surface area contributed by atoms with Crippen LogP contribution in [0.3, 0.4) is 0 Å². The first-order chi connectivity index (χ1) is 10.1. The van der Waals surface area contributed by atoms with Gasteiger partial charge in [-0.1, -0.05) is 36.4 Å². The van der Waals surface area contributed by atoms with Gasteiger partial charge in [-0.05, 0) is 51.4 Å². The number of fused-ring (bicyclic) bond motifs is 1. The van der Waals surface area contributed by atoms with E-state index in [-0.39, 0.29) is 11.6 Å². The number of nitro groups is 1. The van der Waals surface area contributed by atoms with Crippen LogP contribution in [0.2, 0.25) is 0 Å². The first-order valence-corrected chi connectivity index (χ1v) is 7.55. The minimum absolute atomic E-state index is 0.0562. The van der Waals surface area contributed by atoms with Crippen LogP contribution in [-0.2, 0) is 12.8 Å². The third-order valence-corrected chi connectivity index (χ3v) is 4.95. The van der Waals surface area contributed by atoms with Gasteiger partial charge in [-0.15, -0.1) is 0 Å². The summed E-state index contributed by atoms with van der Waals surface area (Å²) in [5, 5.41) is 21.4. The van der Waals surface area contributed by atoms with Gasteiger partial charge in [-0.2, -0.15) is 0 Å². The van der Waals surface area contributed by atoms with Crippen LogP contribution in [0, 0.1) is 16.0 Å². The second-order valence-electron chi connectivity index (χ2n) is 5.32. The molecule has 0 heterocycles. The Balaban J connectivity index is 1.86. The van der Waals surface area contributed by atoms with Crippen molar-refractivity contribution in [1.82, 2.24) is 0 Å². The van der Waals surface area contributed by atoms with Crippen LogP contribution in [0.1, 0.15) is 22.8 Å². The van der Waals surface area contributed by atoms with Gasteiger partial charge in [0.05, 0.1) is 15.5 Å². The number of nitrogens with zero attached hydrogens (tertiary/aromatic N) is 1. The molecular weight excluding hydrogens is 334 g/mol. The maximum Gasteiger partial charge on any atom is 0.283 e. The summed E-state index contributed by atoms with van der Waals surface area (Å²) in [6.07, 6.45) is 0.900. The lowest BCUT2D eigenvalue weighted by Gasteiger charge is -2.16. The van der Waals surface area contributed by atoms with Crippen LogP contribution < -0.4 is 0 Å². The Morgan fingerprint density at radius 2 is 2.00 bits per heavy atom. The molecule has 21 heavy (non-hydrogen) atoms. The van der Waals surface area contributed by atoms with Crippen LogP contribution in [0.25, 0.3) is 0 Å². The molecule has 5 heteroatoms. The van der Waals surface area contributed by atoms with Crippen molar-refractivity contribution in [1.29, 1.82) is 0 Å². The average Bonchev–Trinajstić information content (AvgIpc) is 2.78. The fourth-order valence-electron chi connectivity index (χ4n) is 2.99. The highest BCUT2D eigenvalue weighted by Crippen LogP contribution is 2.39. The van der Waals surface area contributed by atoms with Crippen molar-refractivity contribution in [3.05, 3.63) is 73.7 Å². The highest BCUT2D eigenvalue weighted by molar-refractivity contribution is 9.10. The summed E-state index contributed by atoms with van der Waals surface area (Å²) in [4.78, 5) is 10.6. The highest BCUT2D eigenvalue weighted by atomic mass is 79.9. The smallest absolute Gasteiger partial charge is 0.283 e. The van der Waals surface area contributed by atoms with Gasteiger partial charge in [0.15, 0.2) is 0 Å². The molecule has 2 atom stereocenters. The van der Waals surface area contributed by atoms with Gasteiger partial charge in [-0.3, -0.25) is 10.1 Å². The van der Waals surface area contributed by atoms with Gasteiger partial charge in [0.25, 0.3) is 5.69 Å². The van der Waals surface area contributed by atoms with Crippen molar-refractivity contribution >= 4 is 21.6 Å². The molecule has 1 aliphatic carbocycles. The molecule has 4 nitrogen and oxygen atoms in total. The van der Waals surface area contributed by atoms with E-state index in [0.29, 0.717) is 10.9 Å². The molecule has 2 aromatic rings. The van der Waals surface area contributed by atoms with Gasteiger partial charge in [-0.25, -0.2) is 0 Å². The number of hydrogen-bond donors (Lipinski definition) is 1. The Morgan fingerprint density at radius 3 is 2.71 bits per heavy atom. The van der Waals surface area contributed by atoms with Crippen molar-refractivity contribution in [3.63, 3.8) is 0 Å². The molecule has 1 aliphatic rings. The van der Waals surface area contributed by atoms with E-state index >= 15 is 0 Å². The third kappa shape index (κ3) is 2.59. The van der Waals surface area contributed by atoms with Crippen LogP contribution in [0.4, 0.5) is 5.69 Å². The van der Waals surface area contributed by atoms with E-state index in [2.05, 4.69) is 15.9 Å². The molecule has 1 N–H and O–H groups in total. The molecule has 2 aromatic carbocycles. The summed E-state index contributed by atoms with van der Waals surface area (Å²) in [5.41, 5.74) is 3.07. The zero-order chi connectivity index (χ0) is 15.0. The summed E-state index contributed by atoms with van der Waals surface area (Å²) in [6.45, 7) is 0. The number of nitro benzene ring substituents is 1. The lowest BCUT2D eigenvalue weighted by Crippen LogP contribution is -2.11. The molecule has 0 saturated carbocycles. The van der Waals surface area contributed by atoms with E-state index < -0.39 is 11.0 Å². The van der Waals surface area contributed by atoms with E-state index in [0.717, 1.165) is 23.1 Å². The lowest BCUT2D eigenvalue weighted by atomic mass is 9.94. The van der Waals surface area contributed by atoms with Crippen LogP contribution in [0.15, 0.2) is 46.9 Å². The van der Waals surface area contributed by atoms with E-state index in [1.165, 1.54) is 6.07 Å². The maximum atomic E-state index is 11.0. The van der Waals surface area contributed by atoms with E-state index in [4.69, 9.17) is 0 Å². The van der Waals surface area contributed by atoms with Crippen molar-refractivity contribution in [2.75, 3.05) is 0 Å². The van der Waals surface area contributed by atoms with Crippen LogP contribution in [0.5, 0.6) is 0 Å². The Bertz CT molecular complexity index is 702. The molecule has 0 aromatic heterocycles. The predicted octanol–water partition coefficient (Wildman–Crippen LogP) is 3.81. The number of hydrogen-bond acceptors (Lipinski definition) is 3. The summed E-state index contributed by atoms with van der Waals surface area (Å²) in [6, 6.07) is 12.9. The monoisotopic (exact) mass is 347 g/mol. The van der Waals surface area contributed by atoms with Gasteiger partial charge >= 0.3 is 0 Å². The number of rotatable bonds is 3. The molecule has 2 unspecified atom stereocenters. The Kier molecular flexibility index (Phi) is 3.78. The van der Waals surface area contributed by atoms with Crippen LogP contribution >= 0.6 is 15.9 Å². The molecule has 0 radical (unpaired) electrons. The second-order valence-corrected chi connectivity index (χ2v) is 6.11. The number of halogens is 1. The van der Waals surface area contributed by atoms with Crippen LogP contribution in [-0.4, -0.2) is 10.0 Å². The number of aliphatic hydroxyl groups is 1. The topological polar surface area (TPSA) is 63.4 Å². The molecule has 3 rings (SSSR count). The Labute approximate surface area is 130 Å². The van der Waals surface area contributed by atoms with Crippen molar-refractivity contribution in [3.8, 4) is 0 Å². The first kappa shape index (κ1) is 14.2. The maximum absolute atomic E-state index is 11.0. The Morgan fingerprint density at radius 1 is 1.24 bits per heavy atom. The van der Waals surface area contributed by atoms with E-state index in [1.54, 1.807) is 6.07 Å². The molecule has 0 aliphatic heterocycles. The summed E-state index contributed by atoms with van der Waals surface area (Å²) in [7, 11) is 0. The van der Waals surface area contributed by atoms with Crippen molar-refractivity contribution < 1.29 is 10.0 Å². The fraction of sp³-hybridized carbons (Fsp3) is 0.250. The minimum Gasteiger partial charge on any atom is -0.388 e. The first-order valence-electron chi connectivity index (χ1n) is 6.75. The quantitative estimate of drug-likeness (QED) is 0.678. The average molecular weight is 348 g/mol. The number of benzene rings is 2. The zero-order valence-corrected chi connectivity index (χ0v) is 12.8. The normalized spacial score (nSPS) is 20.3. The predicted molar refractivity (Wildman–Crippen MR) is 83.1 cm³/mol.